The number of halogens is 2. The molecule has 1 atom stereocenters. The standard InChI is InChI=1S/C12H20ClN3O2.ClH/c1-4-14-8(2)7-15-11(17)6-5-10-9(3)16-18-12(10)13;/h8,14H,4-7H2,1-3H3,(H,15,17);1H/t8-;/m1./s1. The Bertz CT molecular complexity index is 377. The Labute approximate surface area is 124 Å². The molecule has 0 aliphatic rings. The zero-order valence-electron chi connectivity index (χ0n) is 11.5. The number of likely N-dealkylation sites (N-methyl/N-ethyl adjacent to an activating group) is 1. The number of nitrogens with one attached hydrogen (secondary N) is 2. The fourth-order valence-electron chi connectivity index (χ4n) is 1.65. The molecule has 5 nitrogen and oxygen atoms in total. The Kier molecular flexibility index (Phi) is 8.80. The maximum absolute atomic E-state index is 11.6. The Morgan fingerprint density at radius 2 is 2.21 bits per heavy atom. The van der Waals surface area contributed by atoms with E-state index in [4.69, 9.17) is 16.1 Å². The van der Waals surface area contributed by atoms with Crippen LogP contribution in [0.3, 0.4) is 0 Å². The van der Waals surface area contributed by atoms with Gasteiger partial charge in [-0.3, -0.25) is 4.79 Å². The van der Waals surface area contributed by atoms with Gasteiger partial charge in [-0.15, -0.1) is 12.4 Å². The van der Waals surface area contributed by atoms with E-state index in [1.165, 1.54) is 0 Å². The summed E-state index contributed by atoms with van der Waals surface area (Å²) in [6.07, 6.45) is 0.941. The molecule has 7 heteroatoms. The van der Waals surface area contributed by atoms with Gasteiger partial charge in [0.1, 0.15) is 0 Å². The molecule has 1 heterocycles. The number of hydrogen-bond donors (Lipinski definition) is 2. The summed E-state index contributed by atoms with van der Waals surface area (Å²) in [6, 6.07) is 0.278. The van der Waals surface area contributed by atoms with Crippen LogP contribution in [0.4, 0.5) is 0 Å². The second-order valence-corrected chi connectivity index (χ2v) is 4.63. The molecular formula is C12H21Cl2N3O2. The molecule has 110 valence electrons. The average molecular weight is 310 g/mol. The van der Waals surface area contributed by atoms with Crippen LogP contribution >= 0.6 is 24.0 Å². The molecule has 0 saturated heterocycles. The van der Waals surface area contributed by atoms with Gasteiger partial charge in [0, 0.05) is 24.6 Å². The molecule has 0 bridgehead atoms. The molecule has 1 aromatic rings. The zero-order valence-corrected chi connectivity index (χ0v) is 13.0. The first kappa shape index (κ1) is 18.2. The minimum atomic E-state index is 0. The smallest absolute Gasteiger partial charge is 0.229 e. The number of nitrogens with zero attached hydrogens (tertiary/aromatic N) is 1. The molecule has 0 radical (unpaired) electrons. The maximum Gasteiger partial charge on any atom is 0.229 e. The molecule has 0 unspecified atom stereocenters. The zero-order chi connectivity index (χ0) is 13.5. The Morgan fingerprint density at radius 1 is 1.53 bits per heavy atom. The predicted molar refractivity (Wildman–Crippen MR) is 78.0 cm³/mol. The third-order valence-corrected chi connectivity index (χ3v) is 2.99. The SMILES string of the molecule is CCN[C@H](C)CNC(=O)CCc1c(C)noc1Cl.Cl. The van der Waals surface area contributed by atoms with E-state index < -0.39 is 0 Å². The van der Waals surface area contributed by atoms with Crippen LogP contribution < -0.4 is 10.6 Å². The topological polar surface area (TPSA) is 67.2 Å². The van der Waals surface area contributed by atoms with Gasteiger partial charge in [0.2, 0.25) is 11.1 Å². The van der Waals surface area contributed by atoms with Crippen molar-refractivity contribution < 1.29 is 9.32 Å². The predicted octanol–water partition coefficient (Wildman–Crippen LogP) is 2.11. The van der Waals surface area contributed by atoms with Gasteiger partial charge in [-0.1, -0.05) is 12.1 Å². The molecule has 0 aliphatic heterocycles. The fraction of sp³-hybridized carbons (Fsp3) is 0.667. The molecular weight excluding hydrogens is 289 g/mol. The lowest BCUT2D eigenvalue weighted by molar-refractivity contribution is -0.121. The molecule has 19 heavy (non-hydrogen) atoms. The van der Waals surface area contributed by atoms with Gasteiger partial charge >= 0.3 is 0 Å². The van der Waals surface area contributed by atoms with Gasteiger partial charge in [-0.05, 0) is 38.4 Å². The minimum absolute atomic E-state index is 0. The highest BCUT2D eigenvalue weighted by atomic mass is 35.5. The fourth-order valence-corrected chi connectivity index (χ4v) is 1.92. The van der Waals surface area contributed by atoms with Crippen LogP contribution in [0.15, 0.2) is 4.52 Å². The summed E-state index contributed by atoms with van der Waals surface area (Å²) >= 11 is 5.83. The first-order valence-electron chi connectivity index (χ1n) is 6.15. The molecule has 0 aromatic carbocycles. The third-order valence-electron chi connectivity index (χ3n) is 2.70. The summed E-state index contributed by atoms with van der Waals surface area (Å²) in [5.41, 5.74) is 1.56. The highest BCUT2D eigenvalue weighted by Crippen LogP contribution is 2.20. The normalized spacial score (nSPS) is 11.8. The Morgan fingerprint density at radius 3 is 2.74 bits per heavy atom. The molecule has 1 rings (SSSR count). The van der Waals surface area contributed by atoms with E-state index in [9.17, 15) is 4.79 Å². The number of aromatic nitrogens is 1. The maximum atomic E-state index is 11.6. The third kappa shape index (κ3) is 6.27. The van der Waals surface area contributed by atoms with Crippen LogP contribution in [-0.4, -0.2) is 30.2 Å². The van der Waals surface area contributed by atoms with Crippen LogP contribution in [0, 0.1) is 6.92 Å². The summed E-state index contributed by atoms with van der Waals surface area (Å²) in [4.78, 5) is 11.6. The molecule has 1 amide bonds. The molecule has 0 spiro atoms. The number of carbonyl (C=O) groups is 1. The Balaban J connectivity index is 0.00000324. The average Bonchev–Trinajstić information content (AvgIpc) is 2.64. The quantitative estimate of drug-likeness (QED) is 0.809. The number of carbonyl (C=O) groups excluding carboxylic acids is 1. The first-order valence-corrected chi connectivity index (χ1v) is 6.53. The van der Waals surface area contributed by atoms with Crippen molar-refractivity contribution in [3.8, 4) is 0 Å². The summed E-state index contributed by atoms with van der Waals surface area (Å²) in [7, 11) is 0. The lowest BCUT2D eigenvalue weighted by Crippen LogP contribution is -2.38. The number of hydrogen-bond acceptors (Lipinski definition) is 4. The van der Waals surface area contributed by atoms with Gasteiger partial charge in [0.05, 0.1) is 5.69 Å². The summed E-state index contributed by atoms with van der Waals surface area (Å²) in [5, 5.41) is 10.1. The lowest BCUT2D eigenvalue weighted by Gasteiger charge is -2.13. The van der Waals surface area contributed by atoms with E-state index in [2.05, 4.69) is 15.8 Å². The van der Waals surface area contributed by atoms with Crippen LogP contribution in [0.25, 0.3) is 0 Å². The van der Waals surface area contributed by atoms with Crippen molar-refractivity contribution >= 4 is 29.9 Å². The van der Waals surface area contributed by atoms with Gasteiger partial charge in [-0.2, -0.15) is 0 Å². The number of aryl methyl sites for hydroxylation is 1. The van der Waals surface area contributed by atoms with Crippen molar-refractivity contribution in [3.63, 3.8) is 0 Å². The van der Waals surface area contributed by atoms with Crippen molar-refractivity contribution in [1.82, 2.24) is 15.8 Å². The van der Waals surface area contributed by atoms with Crippen molar-refractivity contribution in [3.05, 3.63) is 16.5 Å². The van der Waals surface area contributed by atoms with Gasteiger partial charge in [0.15, 0.2) is 0 Å². The van der Waals surface area contributed by atoms with E-state index in [0.29, 0.717) is 19.4 Å². The molecule has 0 aliphatic carbocycles. The van der Waals surface area contributed by atoms with E-state index in [1.54, 1.807) is 0 Å². The van der Waals surface area contributed by atoms with Crippen LogP contribution in [-0.2, 0) is 11.2 Å². The van der Waals surface area contributed by atoms with E-state index in [-0.39, 0.29) is 29.6 Å². The largest absolute Gasteiger partial charge is 0.355 e. The van der Waals surface area contributed by atoms with Crippen LogP contribution in [0.1, 0.15) is 31.5 Å². The first-order chi connectivity index (χ1) is 8.54. The second kappa shape index (κ2) is 9.18. The highest BCUT2D eigenvalue weighted by Gasteiger charge is 2.12. The lowest BCUT2D eigenvalue weighted by atomic mass is 10.1. The van der Waals surface area contributed by atoms with Crippen molar-refractivity contribution in [1.29, 1.82) is 0 Å². The van der Waals surface area contributed by atoms with E-state index in [0.717, 1.165) is 17.8 Å². The highest BCUT2D eigenvalue weighted by molar-refractivity contribution is 6.29. The second-order valence-electron chi connectivity index (χ2n) is 4.28. The van der Waals surface area contributed by atoms with Crippen molar-refractivity contribution in [2.24, 2.45) is 0 Å². The minimum Gasteiger partial charge on any atom is -0.355 e. The van der Waals surface area contributed by atoms with Crippen molar-refractivity contribution in [2.45, 2.75) is 39.7 Å². The number of amides is 1. The molecule has 2 N–H and O–H groups in total. The van der Waals surface area contributed by atoms with Gasteiger partial charge in [0.25, 0.3) is 0 Å². The number of rotatable bonds is 7. The summed E-state index contributed by atoms with van der Waals surface area (Å²) in [5.74, 6) is 0.0106. The molecule has 0 saturated carbocycles. The van der Waals surface area contributed by atoms with E-state index in [1.807, 2.05) is 20.8 Å². The van der Waals surface area contributed by atoms with Gasteiger partial charge in [-0.25, -0.2) is 0 Å². The van der Waals surface area contributed by atoms with E-state index >= 15 is 0 Å². The van der Waals surface area contributed by atoms with Crippen LogP contribution in [0.2, 0.25) is 5.22 Å². The summed E-state index contributed by atoms with van der Waals surface area (Å²) < 4.78 is 4.83. The van der Waals surface area contributed by atoms with Crippen LogP contribution in [0.5, 0.6) is 0 Å². The van der Waals surface area contributed by atoms with Gasteiger partial charge < -0.3 is 15.2 Å². The molecule has 0 fully saturated rings. The molecule has 1 aromatic heterocycles. The summed E-state index contributed by atoms with van der Waals surface area (Å²) in [6.45, 7) is 7.41. The monoisotopic (exact) mass is 309 g/mol. The Hall–Kier alpha value is -0.780. The van der Waals surface area contributed by atoms with Crippen molar-refractivity contribution in [2.75, 3.05) is 13.1 Å².